The quantitative estimate of drug-likeness (QED) is 0.814. The fraction of sp³-hybridized carbons (Fsp3) is 0.333. The van der Waals surface area contributed by atoms with E-state index in [2.05, 4.69) is 43.3 Å². The highest BCUT2D eigenvalue weighted by Crippen LogP contribution is 2.45. The SMILES string of the molecule is CN(C)C[C@H]1C[C@@H](c2cccc(F)c2)c2ccccc21. The van der Waals surface area contributed by atoms with Crippen molar-refractivity contribution in [3.8, 4) is 0 Å². The molecule has 0 heterocycles. The van der Waals surface area contributed by atoms with Gasteiger partial charge in [-0.1, -0.05) is 36.4 Å². The molecule has 0 unspecified atom stereocenters. The third-order valence-corrected chi connectivity index (χ3v) is 4.17. The molecular weight excluding hydrogens is 249 g/mol. The van der Waals surface area contributed by atoms with Crippen molar-refractivity contribution in [1.82, 2.24) is 4.90 Å². The van der Waals surface area contributed by atoms with Gasteiger partial charge in [0.2, 0.25) is 0 Å². The standard InChI is InChI=1S/C18H20FN/c1-20(2)12-14-11-18(13-6-5-7-15(19)10-13)17-9-4-3-8-16(14)17/h3-10,14,18H,11-12H2,1-2H3/t14-,18+/m1/s1. The molecule has 20 heavy (non-hydrogen) atoms. The predicted octanol–water partition coefficient (Wildman–Crippen LogP) is 4.01. The molecule has 2 aromatic carbocycles. The highest BCUT2D eigenvalue weighted by atomic mass is 19.1. The molecule has 3 rings (SSSR count). The number of nitrogens with zero attached hydrogens (tertiary/aromatic N) is 1. The summed E-state index contributed by atoms with van der Waals surface area (Å²) in [6.07, 6.45) is 1.07. The zero-order chi connectivity index (χ0) is 14.1. The van der Waals surface area contributed by atoms with Gasteiger partial charge in [-0.25, -0.2) is 4.39 Å². The smallest absolute Gasteiger partial charge is 0.123 e. The van der Waals surface area contributed by atoms with Crippen LogP contribution in [-0.2, 0) is 0 Å². The van der Waals surface area contributed by atoms with Crippen LogP contribution < -0.4 is 0 Å². The Labute approximate surface area is 120 Å². The first-order chi connectivity index (χ1) is 9.65. The minimum absolute atomic E-state index is 0.143. The number of hydrogen-bond acceptors (Lipinski definition) is 1. The maximum absolute atomic E-state index is 13.5. The van der Waals surface area contributed by atoms with E-state index in [9.17, 15) is 4.39 Å². The highest BCUT2D eigenvalue weighted by Gasteiger charge is 2.31. The molecule has 0 spiro atoms. The Morgan fingerprint density at radius 3 is 2.50 bits per heavy atom. The summed E-state index contributed by atoms with van der Waals surface area (Å²) in [7, 11) is 4.22. The molecule has 1 nitrogen and oxygen atoms in total. The molecular formula is C18H20FN. The Kier molecular flexibility index (Phi) is 3.58. The summed E-state index contributed by atoms with van der Waals surface area (Å²) in [5.41, 5.74) is 3.89. The average Bonchev–Trinajstić information content (AvgIpc) is 2.77. The molecule has 2 aromatic rings. The van der Waals surface area contributed by atoms with E-state index in [0.717, 1.165) is 18.5 Å². The number of rotatable bonds is 3. The van der Waals surface area contributed by atoms with Crippen molar-refractivity contribution < 1.29 is 4.39 Å². The maximum Gasteiger partial charge on any atom is 0.123 e. The average molecular weight is 269 g/mol. The largest absolute Gasteiger partial charge is 0.309 e. The van der Waals surface area contributed by atoms with Gasteiger partial charge in [0.05, 0.1) is 0 Å². The maximum atomic E-state index is 13.5. The number of benzene rings is 2. The summed E-state index contributed by atoms with van der Waals surface area (Å²) < 4.78 is 13.5. The normalized spacial score (nSPS) is 21.2. The van der Waals surface area contributed by atoms with Gasteiger partial charge in [-0.15, -0.1) is 0 Å². The van der Waals surface area contributed by atoms with Crippen LogP contribution in [0.3, 0.4) is 0 Å². The van der Waals surface area contributed by atoms with E-state index in [-0.39, 0.29) is 5.82 Å². The van der Waals surface area contributed by atoms with Crippen LogP contribution in [0.4, 0.5) is 4.39 Å². The van der Waals surface area contributed by atoms with Crippen LogP contribution in [-0.4, -0.2) is 25.5 Å². The van der Waals surface area contributed by atoms with Gasteiger partial charge in [0.15, 0.2) is 0 Å². The summed E-state index contributed by atoms with van der Waals surface area (Å²) in [5.74, 6) is 0.720. The molecule has 0 amide bonds. The van der Waals surface area contributed by atoms with Gasteiger partial charge in [0.25, 0.3) is 0 Å². The first-order valence-electron chi connectivity index (χ1n) is 7.14. The Balaban J connectivity index is 1.98. The Bertz CT molecular complexity index is 606. The lowest BCUT2D eigenvalue weighted by atomic mass is 9.92. The van der Waals surface area contributed by atoms with Gasteiger partial charge in [-0.2, -0.15) is 0 Å². The minimum Gasteiger partial charge on any atom is -0.309 e. The van der Waals surface area contributed by atoms with E-state index < -0.39 is 0 Å². The van der Waals surface area contributed by atoms with Crippen LogP contribution in [0.1, 0.15) is 34.9 Å². The summed E-state index contributed by atoms with van der Waals surface area (Å²) in [6.45, 7) is 1.04. The second-order valence-electron chi connectivity index (χ2n) is 5.93. The van der Waals surface area contributed by atoms with E-state index in [4.69, 9.17) is 0 Å². The first-order valence-corrected chi connectivity index (χ1v) is 7.14. The molecule has 2 heteroatoms. The summed E-state index contributed by atoms with van der Waals surface area (Å²) in [5, 5.41) is 0. The molecule has 0 aliphatic heterocycles. The van der Waals surface area contributed by atoms with Crippen LogP contribution in [0.5, 0.6) is 0 Å². The zero-order valence-electron chi connectivity index (χ0n) is 12.0. The van der Waals surface area contributed by atoms with E-state index in [1.165, 1.54) is 17.2 Å². The van der Waals surface area contributed by atoms with Crippen molar-refractivity contribution in [2.45, 2.75) is 18.3 Å². The molecule has 0 saturated carbocycles. The van der Waals surface area contributed by atoms with Gasteiger partial charge in [0, 0.05) is 12.5 Å². The number of hydrogen-bond donors (Lipinski definition) is 0. The van der Waals surface area contributed by atoms with Crippen LogP contribution >= 0.6 is 0 Å². The van der Waals surface area contributed by atoms with Crippen LogP contribution in [0.25, 0.3) is 0 Å². The highest BCUT2D eigenvalue weighted by molar-refractivity contribution is 5.45. The van der Waals surface area contributed by atoms with E-state index in [0.29, 0.717) is 11.8 Å². The second kappa shape index (κ2) is 5.37. The first kappa shape index (κ1) is 13.3. The van der Waals surface area contributed by atoms with Crippen LogP contribution in [0.2, 0.25) is 0 Å². The predicted molar refractivity (Wildman–Crippen MR) is 80.6 cm³/mol. The lowest BCUT2D eigenvalue weighted by Crippen LogP contribution is -2.19. The van der Waals surface area contributed by atoms with Crippen molar-refractivity contribution in [3.05, 3.63) is 71.0 Å². The number of fused-ring (bicyclic) bond motifs is 1. The van der Waals surface area contributed by atoms with E-state index >= 15 is 0 Å². The molecule has 1 aliphatic rings. The molecule has 0 radical (unpaired) electrons. The topological polar surface area (TPSA) is 3.24 Å². The molecule has 0 saturated heterocycles. The van der Waals surface area contributed by atoms with E-state index in [1.54, 1.807) is 6.07 Å². The molecule has 0 aromatic heterocycles. The van der Waals surface area contributed by atoms with Gasteiger partial charge in [-0.05, 0) is 55.3 Å². The number of halogens is 1. The fourth-order valence-electron chi connectivity index (χ4n) is 3.39. The monoisotopic (exact) mass is 269 g/mol. The van der Waals surface area contributed by atoms with E-state index in [1.807, 2.05) is 12.1 Å². The van der Waals surface area contributed by atoms with Gasteiger partial charge < -0.3 is 4.90 Å². The third kappa shape index (κ3) is 2.48. The van der Waals surface area contributed by atoms with Crippen molar-refractivity contribution in [1.29, 1.82) is 0 Å². The molecule has 1 aliphatic carbocycles. The summed E-state index contributed by atoms with van der Waals surface area (Å²) in [6, 6.07) is 15.7. The van der Waals surface area contributed by atoms with Gasteiger partial charge >= 0.3 is 0 Å². The lowest BCUT2D eigenvalue weighted by molar-refractivity contribution is 0.368. The Morgan fingerprint density at radius 2 is 1.80 bits per heavy atom. The molecule has 0 bridgehead atoms. The number of likely N-dealkylation sites (N-methyl/N-ethyl adjacent to an activating group) is 1. The Morgan fingerprint density at radius 1 is 1.05 bits per heavy atom. The zero-order valence-corrected chi connectivity index (χ0v) is 12.0. The van der Waals surface area contributed by atoms with Gasteiger partial charge in [0.1, 0.15) is 5.82 Å². The lowest BCUT2D eigenvalue weighted by Gasteiger charge is -2.17. The van der Waals surface area contributed by atoms with Crippen LogP contribution in [0.15, 0.2) is 48.5 Å². The molecule has 104 valence electrons. The Hall–Kier alpha value is -1.67. The van der Waals surface area contributed by atoms with Crippen molar-refractivity contribution in [3.63, 3.8) is 0 Å². The van der Waals surface area contributed by atoms with Crippen LogP contribution in [0, 0.1) is 5.82 Å². The molecule has 0 N–H and O–H groups in total. The van der Waals surface area contributed by atoms with Crippen molar-refractivity contribution in [2.24, 2.45) is 0 Å². The second-order valence-corrected chi connectivity index (χ2v) is 5.93. The fourth-order valence-corrected chi connectivity index (χ4v) is 3.39. The van der Waals surface area contributed by atoms with Crippen molar-refractivity contribution >= 4 is 0 Å². The van der Waals surface area contributed by atoms with Gasteiger partial charge in [-0.3, -0.25) is 0 Å². The van der Waals surface area contributed by atoms with Crippen molar-refractivity contribution in [2.75, 3.05) is 20.6 Å². The minimum atomic E-state index is -0.143. The summed E-state index contributed by atoms with van der Waals surface area (Å²) in [4.78, 5) is 2.23. The summed E-state index contributed by atoms with van der Waals surface area (Å²) >= 11 is 0. The molecule has 2 atom stereocenters. The molecule has 0 fully saturated rings. The third-order valence-electron chi connectivity index (χ3n) is 4.17.